The van der Waals surface area contributed by atoms with E-state index in [1.165, 1.54) is 0 Å². The number of aliphatic hydroxyl groups is 4. The van der Waals surface area contributed by atoms with Crippen LogP contribution in [0.3, 0.4) is 0 Å². The summed E-state index contributed by atoms with van der Waals surface area (Å²) in [5.74, 6) is -4.71. The molecule has 1 saturated heterocycles. The molecule has 1 rings (SSSR count). The number of nitrogens with zero attached hydrogens (tertiary/aromatic N) is 2. The molecule has 1 heterocycles. The Morgan fingerprint density at radius 3 is 1.95 bits per heavy atom. The zero-order valence-electron chi connectivity index (χ0n) is 10.6. The van der Waals surface area contributed by atoms with Crippen LogP contribution >= 0.6 is 36.5 Å². The normalized spacial score (nSPS) is 40.9. The van der Waals surface area contributed by atoms with Gasteiger partial charge in [-0.25, -0.2) is 0 Å². The third-order valence-electron chi connectivity index (χ3n) is 3.32. The summed E-state index contributed by atoms with van der Waals surface area (Å²) >= 11 is 4.09. The average molecular weight is 355 g/mol. The minimum absolute atomic E-state index is 0.116. The summed E-state index contributed by atoms with van der Waals surface area (Å²) < 4.78 is 0. The van der Waals surface area contributed by atoms with Gasteiger partial charge in [-0.2, -0.15) is 10.5 Å². The summed E-state index contributed by atoms with van der Waals surface area (Å²) in [6.45, 7) is -2.65. The number of thiol groups is 1. The van der Waals surface area contributed by atoms with E-state index in [0.29, 0.717) is 0 Å². The van der Waals surface area contributed by atoms with E-state index in [1.807, 2.05) is 12.1 Å². The van der Waals surface area contributed by atoms with Crippen molar-refractivity contribution in [2.75, 3.05) is 12.3 Å². The molecule has 1 aliphatic heterocycles. The van der Waals surface area contributed by atoms with Gasteiger partial charge in [0.05, 0.1) is 12.1 Å². The van der Waals surface area contributed by atoms with Gasteiger partial charge in [0, 0.05) is 12.8 Å². The molecule has 0 aliphatic carbocycles. The van der Waals surface area contributed by atoms with Gasteiger partial charge in [-0.3, -0.25) is 0 Å². The molecule has 4 unspecified atom stereocenters. The Balaban J connectivity index is 3.02. The molecule has 4 N–H and O–H groups in total. The van der Waals surface area contributed by atoms with Gasteiger partial charge in [-0.1, -0.05) is 10.4 Å². The SMILES string of the molecule is N#CCCP1C(O)C(O)[P](CCC#N)(SS)C(O)C1O. The van der Waals surface area contributed by atoms with E-state index in [9.17, 15) is 20.4 Å². The highest BCUT2D eigenvalue weighted by Crippen LogP contribution is 2.83. The smallest absolute Gasteiger partial charge is 0.111 e. The summed E-state index contributed by atoms with van der Waals surface area (Å²) in [5.41, 5.74) is 0. The highest BCUT2D eigenvalue weighted by atomic mass is 33.3. The Labute approximate surface area is 128 Å². The molecule has 10 heteroatoms. The average Bonchev–Trinajstić information content (AvgIpc) is 2.46. The fraction of sp³-hybridized carbons (Fsp3) is 0.800. The zero-order valence-corrected chi connectivity index (χ0v) is 14.1. The molecule has 0 aromatic rings. The Morgan fingerprint density at radius 1 is 1.05 bits per heavy atom. The minimum Gasteiger partial charge on any atom is -0.385 e. The molecule has 1 fully saturated rings. The van der Waals surface area contributed by atoms with Crippen molar-refractivity contribution in [2.24, 2.45) is 0 Å². The standard InChI is InChI=1S/C10H17N2O4P2S2/c11-3-1-5-17-7(13)9(15)18(20-19,6-2-4-12)10(16)8(17)14/h7-10,13-16,19H,1-2,5-6H2. The maximum atomic E-state index is 10.4. The first kappa shape index (κ1) is 18.4. The quantitative estimate of drug-likeness (QED) is 0.284. The molecule has 6 nitrogen and oxygen atoms in total. The van der Waals surface area contributed by atoms with Crippen molar-refractivity contribution in [3.05, 3.63) is 0 Å². The van der Waals surface area contributed by atoms with Gasteiger partial charge in [0.1, 0.15) is 23.4 Å². The molecule has 0 aromatic heterocycles. The van der Waals surface area contributed by atoms with Crippen LogP contribution in [0.5, 0.6) is 0 Å². The fourth-order valence-electron chi connectivity index (χ4n) is 2.18. The summed E-state index contributed by atoms with van der Waals surface area (Å²) in [5, 5.41) is 58.4. The summed E-state index contributed by atoms with van der Waals surface area (Å²) in [7, 11) is -0.509. The predicted molar refractivity (Wildman–Crippen MR) is 84.6 cm³/mol. The van der Waals surface area contributed by atoms with Crippen LogP contribution in [0.4, 0.5) is 0 Å². The van der Waals surface area contributed by atoms with Gasteiger partial charge in [-0.15, -0.1) is 11.7 Å². The van der Waals surface area contributed by atoms with Crippen LogP contribution < -0.4 is 0 Å². The maximum Gasteiger partial charge on any atom is 0.111 e. The van der Waals surface area contributed by atoms with Crippen LogP contribution in [0, 0.1) is 22.7 Å². The molecule has 0 bridgehead atoms. The Bertz CT molecular complexity index is 401. The highest BCUT2D eigenvalue weighted by Gasteiger charge is 2.56. The lowest BCUT2D eigenvalue weighted by Gasteiger charge is -2.52. The Hall–Kier alpha value is 0.380. The van der Waals surface area contributed by atoms with Crippen LogP contribution in [0.15, 0.2) is 0 Å². The maximum absolute atomic E-state index is 10.4. The van der Waals surface area contributed by atoms with Crippen molar-refractivity contribution in [1.82, 2.24) is 0 Å². The monoisotopic (exact) mass is 355 g/mol. The van der Waals surface area contributed by atoms with Crippen molar-refractivity contribution in [3.63, 3.8) is 0 Å². The van der Waals surface area contributed by atoms with Gasteiger partial charge in [0.25, 0.3) is 0 Å². The van der Waals surface area contributed by atoms with Crippen LogP contribution in [-0.2, 0) is 0 Å². The topological polar surface area (TPSA) is 128 Å². The molecule has 1 radical (unpaired) electrons. The number of hydrogen-bond acceptors (Lipinski definition) is 8. The van der Waals surface area contributed by atoms with Crippen molar-refractivity contribution < 1.29 is 20.4 Å². The fourth-order valence-corrected chi connectivity index (χ4v) is 13.8. The Kier molecular flexibility index (Phi) is 7.49. The highest BCUT2D eigenvalue weighted by molar-refractivity contribution is 8.97. The molecule has 0 saturated carbocycles. The molecular formula is C10H17N2O4P2S2. The summed E-state index contributed by atoms with van der Waals surface area (Å²) in [6, 6.07) is 3.88. The third kappa shape index (κ3) is 3.40. The van der Waals surface area contributed by atoms with Crippen molar-refractivity contribution in [3.8, 4) is 12.1 Å². The van der Waals surface area contributed by atoms with Crippen molar-refractivity contribution in [2.45, 2.75) is 36.2 Å². The second-order valence-electron chi connectivity index (χ2n) is 4.37. The first-order valence-corrected chi connectivity index (χ1v) is 12.1. The molecule has 0 aromatic carbocycles. The van der Waals surface area contributed by atoms with Gasteiger partial charge in [0.2, 0.25) is 0 Å². The van der Waals surface area contributed by atoms with E-state index in [-0.39, 0.29) is 25.2 Å². The molecule has 0 spiro atoms. The number of nitriles is 2. The lowest BCUT2D eigenvalue weighted by atomic mass is 10.6. The largest absolute Gasteiger partial charge is 0.385 e. The predicted octanol–water partition coefficient (Wildman–Crippen LogP) is 1.09. The minimum atomic E-state index is -2.65. The zero-order chi connectivity index (χ0) is 15.3. The second kappa shape index (κ2) is 8.13. The van der Waals surface area contributed by atoms with Gasteiger partial charge < -0.3 is 20.4 Å². The second-order valence-corrected chi connectivity index (χ2v) is 14.3. The van der Waals surface area contributed by atoms with Gasteiger partial charge in [-0.05, 0) is 26.7 Å². The molecule has 113 valence electrons. The first-order chi connectivity index (χ1) is 9.46. The lowest BCUT2D eigenvalue weighted by molar-refractivity contribution is 0.0770. The van der Waals surface area contributed by atoms with E-state index in [2.05, 4.69) is 11.7 Å². The van der Waals surface area contributed by atoms with Gasteiger partial charge >= 0.3 is 0 Å². The van der Waals surface area contributed by atoms with E-state index >= 15 is 0 Å². The van der Waals surface area contributed by atoms with Crippen molar-refractivity contribution >= 4 is 36.5 Å². The third-order valence-corrected chi connectivity index (χ3v) is 15.5. The van der Waals surface area contributed by atoms with E-state index in [0.717, 1.165) is 10.4 Å². The van der Waals surface area contributed by atoms with Crippen LogP contribution in [0.2, 0.25) is 0 Å². The van der Waals surface area contributed by atoms with Crippen LogP contribution in [0.1, 0.15) is 12.8 Å². The summed E-state index contributed by atoms with van der Waals surface area (Å²) in [6.07, 6.45) is 0.745. The lowest BCUT2D eigenvalue weighted by Crippen LogP contribution is -2.45. The molecule has 4 atom stereocenters. The molecule has 20 heavy (non-hydrogen) atoms. The summed E-state index contributed by atoms with van der Waals surface area (Å²) in [4.78, 5) is 0. The van der Waals surface area contributed by atoms with E-state index in [1.54, 1.807) is 0 Å². The first-order valence-electron chi connectivity index (χ1n) is 5.88. The molecule has 0 amide bonds. The Morgan fingerprint density at radius 2 is 1.55 bits per heavy atom. The van der Waals surface area contributed by atoms with Crippen molar-refractivity contribution in [1.29, 1.82) is 10.5 Å². The van der Waals surface area contributed by atoms with E-state index < -0.39 is 37.8 Å². The van der Waals surface area contributed by atoms with E-state index in [4.69, 9.17) is 10.5 Å². The number of rotatable bonds is 5. The number of aliphatic hydroxyl groups excluding tert-OH is 4. The molecular weight excluding hydrogens is 338 g/mol. The number of hydrogen-bond donors (Lipinski definition) is 5. The molecule has 1 aliphatic rings. The van der Waals surface area contributed by atoms with Crippen LogP contribution in [-0.4, -0.2) is 56.1 Å². The van der Waals surface area contributed by atoms with Crippen LogP contribution in [0.25, 0.3) is 0 Å². The van der Waals surface area contributed by atoms with Gasteiger partial charge in [0.15, 0.2) is 0 Å².